The topological polar surface area (TPSA) is 61.6 Å². The molecule has 0 atom stereocenters. The molecule has 1 heterocycles. The van der Waals surface area contributed by atoms with Crippen molar-refractivity contribution in [1.82, 2.24) is 15.1 Å². The minimum absolute atomic E-state index is 0.207. The molecule has 1 saturated carbocycles. The van der Waals surface area contributed by atoms with Crippen LogP contribution in [0.2, 0.25) is 0 Å². The van der Waals surface area contributed by atoms with E-state index in [4.69, 9.17) is 5.73 Å². The maximum absolute atomic E-state index is 11.8. The van der Waals surface area contributed by atoms with Gasteiger partial charge < -0.3 is 16.0 Å². The highest BCUT2D eigenvalue weighted by Gasteiger charge is 2.24. The zero-order chi connectivity index (χ0) is 13.5. The predicted molar refractivity (Wildman–Crippen MR) is 77.0 cm³/mol. The second kappa shape index (κ2) is 7.82. The summed E-state index contributed by atoms with van der Waals surface area (Å²) in [5, 5.41) is 3.07. The van der Waals surface area contributed by atoms with Crippen molar-refractivity contribution in [1.29, 1.82) is 0 Å². The zero-order valence-corrected chi connectivity index (χ0v) is 11.9. The van der Waals surface area contributed by atoms with E-state index in [9.17, 15) is 4.79 Å². The van der Waals surface area contributed by atoms with E-state index in [1.54, 1.807) is 0 Å². The number of unbranched alkanes of at least 4 members (excludes halogenated alkanes) is 1. The van der Waals surface area contributed by atoms with Crippen molar-refractivity contribution in [2.45, 2.75) is 38.1 Å². The monoisotopic (exact) mass is 268 g/mol. The number of nitrogens with zero attached hydrogens (tertiary/aromatic N) is 2. The molecule has 2 aliphatic rings. The molecule has 3 N–H and O–H groups in total. The Balaban J connectivity index is 1.62. The van der Waals surface area contributed by atoms with Gasteiger partial charge in [0.1, 0.15) is 0 Å². The molecule has 2 fully saturated rings. The number of nitrogens with two attached hydrogens (primary N) is 1. The van der Waals surface area contributed by atoms with Crippen LogP contribution in [0.4, 0.5) is 0 Å². The number of carbonyl (C=O) groups excluding carboxylic acids is 1. The quantitative estimate of drug-likeness (QED) is 0.639. The molecule has 0 aromatic rings. The summed E-state index contributed by atoms with van der Waals surface area (Å²) in [5.41, 5.74) is 5.53. The Morgan fingerprint density at radius 2 is 1.84 bits per heavy atom. The van der Waals surface area contributed by atoms with E-state index < -0.39 is 0 Å². The molecule has 0 aromatic carbocycles. The summed E-state index contributed by atoms with van der Waals surface area (Å²) in [6, 6.07) is 0.479. The Bertz CT molecular complexity index is 281. The van der Waals surface area contributed by atoms with Crippen molar-refractivity contribution < 1.29 is 4.79 Å². The van der Waals surface area contributed by atoms with Crippen molar-refractivity contribution in [2.75, 3.05) is 45.8 Å². The Hall–Kier alpha value is -0.650. The van der Waals surface area contributed by atoms with Crippen LogP contribution in [-0.4, -0.2) is 67.6 Å². The van der Waals surface area contributed by atoms with Gasteiger partial charge in [-0.3, -0.25) is 9.69 Å². The summed E-state index contributed by atoms with van der Waals surface area (Å²) < 4.78 is 0. The molecular weight excluding hydrogens is 240 g/mol. The van der Waals surface area contributed by atoms with Crippen molar-refractivity contribution in [3.8, 4) is 0 Å². The molecule has 2 rings (SSSR count). The smallest absolute Gasteiger partial charge is 0.234 e. The van der Waals surface area contributed by atoms with Crippen LogP contribution in [0.5, 0.6) is 0 Å². The van der Waals surface area contributed by atoms with E-state index in [0.717, 1.165) is 45.7 Å². The SMILES string of the molecule is NCCCCN1CCCN(CC(=O)NC2CC2)CC1. The Morgan fingerprint density at radius 3 is 2.58 bits per heavy atom. The number of hydrogen-bond donors (Lipinski definition) is 2. The van der Waals surface area contributed by atoms with Crippen LogP contribution in [0.1, 0.15) is 32.1 Å². The molecular formula is C14H28N4O. The van der Waals surface area contributed by atoms with Crippen LogP contribution in [-0.2, 0) is 4.79 Å². The normalized spacial score (nSPS) is 22.2. The molecule has 0 unspecified atom stereocenters. The first-order chi connectivity index (χ1) is 9.28. The predicted octanol–water partition coefficient (Wildman–Crippen LogP) is 0.0116. The molecule has 0 radical (unpaired) electrons. The van der Waals surface area contributed by atoms with Crippen LogP contribution < -0.4 is 11.1 Å². The van der Waals surface area contributed by atoms with Crippen LogP contribution in [0, 0.1) is 0 Å². The lowest BCUT2D eigenvalue weighted by Gasteiger charge is -2.21. The number of amides is 1. The van der Waals surface area contributed by atoms with Gasteiger partial charge in [-0.15, -0.1) is 0 Å². The fourth-order valence-electron chi connectivity index (χ4n) is 2.59. The van der Waals surface area contributed by atoms with Gasteiger partial charge in [0.25, 0.3) is 0 Å². The minimum atomic E-state index is 0.207. The molecule has 1 aliphatic carbocycles. The van der Waals surface area contributed by atoms with Gasteiger partial charge in [0.15, 0.2) is 0 Å². The summed E-state index contributed by atoms with van der Waals surface area (Å²) in [6.45, 7) is 6.83. The zero-order valence-electron chi connectivity index (χ0n) is 11.9. The van der Waals surface area contributed by atoms with Gasteiger partial charge in [0, 0.05) is 19.1 Å². The third-order valence-corrected chi connectivity index (χ3v) is 3.92. The highest BCUT2D eigenvalue weighted by Crippen LogP contribution is 2.18. The van der Waals surface area contributed by atoms with Crippen molar-refractivity contribution in [3.05, 3.63) is 0 Å². The Kier molecular flexibility index (Phi) is 6.07. The molecule has 0 aromatic heterocycles. The standard InChI is InChI=1S/C14H28N4O/c15-6-1-2-7-17-8-3-9-18(11-10-17)12-14(19)16-13-4-5-13/h13H,1-12,15H2,(H,16,19). The van der Waals surface area contributed by atoms with Crippen molar-refractivity contribution in [2.24, 2.45) is 5.73 Å². The first kappa shape index (κ1) is 14.8. The van der Waals surface area contributed by atoms with Gasteiger partial charge in [-0.1, -0.05) is 0 Å². The van der Waals surface area contributed by atoms with Gasteiger partial charge in [-0.25, -0.2) is 0 Å². The molecule has 1 saturated heterocycles. The maximum atomic E-state index is 11.8. The summed E-state index contributed by atoms with van der Waals surface area (Å²) in [7, 11) is 0. The van der Waals surface area contributed by atoms with Crippen LogP contribution >= 0.6 is 0 Å². The lowest BCUT2D eigenvalue weighted by molar-refractivity contribution is -0.122. The molecule has 5 nitrogen and oxygen atoms in total. The average Bonchev–Trinajstić information content (AvgIpc) is 3.19. The maximum Gasteiger partial charge on any atom is 0.234 e. The number of hydrogen-bond acceptors (Lipinski definition) is 4. The van der Waals surface area contributed by atoms with E-state index in [2.05, 4.69) is 15.1 Å². The van der Waals surface area contributed by atoms with E-state index in [1.807, 2.05) is 0 Å². The minimum Gasteiger partial charge on any atom is -0.352 e. The first-order valence-corrected chi connectivity index (χ1v) is 7.72. The lowest BCUT2D eigenvalue weighted by Crippen LogP contribution is -2.40. The van der Waals surface area contributed by atoms with Gasteiger partial charge in [0.2, 0.25) is 5.91 Å². The van der Waals surface area contributed by atoms with E-state index in [-0.39, 0.29) is 5.91 Å². The van der Waals surface area contributed by atoms with Gasteiger partial charge in [-0.2, -0.15) is 0 Å². The lowest BCUT2D eigenvalue weighted by atomic mass is 10.3. The van der Waals surface area contributed by atoms with Crippen molar-refractivity contribution in [3.63, 3.8) is 0 Å². The average molecular weight is 268 g/mol. The Labute approximate surface area is 116 Å². The number of rotatable bonds is 7. The first-order valence-electron chi connectivity index (χ1n) is 7.72. The van der Waals surface area contributed by atoms with Gasteiger partial charge in [-0.05, 0) is 58.3 Å². The summed E-state index contributed by atoms with van der Waals surface area (Å²) in [4.78, 5) is 16.6. The molecule has 5 heteroatoms. The molecule has 0 bridgehead atoms. The third-order valence-electron chi connectivity index (χ3n) is 3.92. The summed E-state index contributed by atoms with van der Waals surface area (Å²) >= 11 is 0. The van der Waals surface area contributed by atoms with Crippen LogP contribution in [0.3, 0.4) is 0 Å². The van der Waals surface area contributed by atoms with Crippen molar-refractivity contribution >= 4 is 5.91 Å². The second-order valence-corrected chi connectivity index (χ2v) is 5.81. The molecule has 19 heavy (non-hydrogen) atoms. The largest absolute Gasteiger partial charge is 0.352 e. The van der Waals surface area contributed by atoms with Gasteiger partial charge in [0.05, 0.1) is 6.54 Å². The highest BCUT2D eigenvalue weighted by atomic mass is 16.2. The second-order valence-electron chi connectivity index (χ2n) is 5.81. The highest BCUT2D eigenvalue weighted by molar-refractivity contribution is 5.78. The molecule has 0 spiro atoms. The summed E-state index contributed by atoms with van der Waals surface area (Å²) in [6.07, 6.45) is 5.81. The Morgan fingerprint density at radius 1 is 1.11 bits per heavy atom. The molecule has 110 valence electrons. The van der Waals surface area contributed by atoms with E-state index >= 15 is 0 Å². The molecule has 1 amide bonds. The molecule has 1 aliphatic heterocycles. The van der Waals surface area contributed by atoms with Crippen LogP contribution in [0.15, 0.2) is 0 Å². The third kappa shape index (κ3) is 5.89. The van der Waals surface area contributed by atoms with E-state index in [0.29, 0.717) is 12.6 Å². The van der Waals surface area contributed by atoms with E-state index in [1.165, 1.54) is 25.7 Å². The summed E-state index contributed by atoms with van der Waals surface area (Å²) in [5.74, 6) is 0.207. The van der Waals surface area contributed by atoms with Crippen LogP contribution in [0.25, 0.3) is 0 Å². The fourth-order valence-corrected chi connectivity index (χ4v) is 2.59. The van der Waals surface area contributed by atoms with Gasteiger partial charge >= 0.3 is 0 Å². The fraction of sp³-hybridized carbons (Fsp3) is 0.929. The number of carbonyl (C=O) groups is 1. The number of nitrogens with one attached hydrogen (secondary N) is 1.